The average Bonchev–Trinajstić information content (AvgIpc) is 2.42. The Morgan fingerprint density at radius 3 is 2.22 bits per heavy atom. The van der Waals surface area contributed by atoms with Gasteiger partial charge in [0.2, 0.25) is 0 Å². The standard InChI is InChI=1S/C16H18FN/c1-2-12-18(16-6-4-3-5-7-16)13-14-8-10-15(17)11-9-14/h3-11H,2,12-13H2,1H3. The Hall–Kier alpha value is -1.83. The molecule has 0 spiro atoms. The van der Waals surface area contributed by atoms with Gasteiger partial charge in [0.15, 0.2) is 0 Å². The van der Waals surface area contributed by atoms with Crippen molar-refractivity contribution >= 4 is 5.69 Å². The normalized spacial score (nSPS) is 10.3. The van der Waals surface area contributed by atoms with Crippen LogP contribution in [0.4, 0.5) is 10.1 Å². The molecule has 2 heteroatoms. The molecular weight excluding hydrogens is 225 g/mol. The van der Waals surface area contributed by atoms with E-state index in [-0.39, 0.29) is 5.82 Å². The van der Waals surface area contributed by atoms with Crippen LogP contribution in [0.5, 0.6) is 0 Å². The minimum Gasteiger partial charge on any atom is -0.367 e. The SMILES string of the molecule is CCCN(Cc1ccc(F)cc1)c1ccccc1. The monoisotopic (exact) mass is 243 g/mol. The van der Waals surface area contributed by atoms with Gasteiger partial charge < -0.3 is 4.90 Å². The number of anilines is 1. The maximum Gasteiger partial charge on any atom is 0.123 e. The molecule has 0 unspecified atom stereocenters. The molecule has 0 aliphatic carbocycles. The summed E-state index contributed by atoms with van der Waals surface area (Å²) in [6.07, 6.45) is 1.09. The van der Waals surface area contributed by atoms with Crippen molar-refractivity contribution in [2.75, 3.05) is 11.4 Å². The number of halogens is 1. The first-order valence-corrected chi connectivity index (χ1v) is 6.34. The second-order valence-electron chi connectivity index (χ2n) is 4.38. The van der Waals surface area contributed by atoms with Crippen LogP contribution in [0.25, 0.3) is 0 Å². The van der Waals surface area contributed by atoms with Crippen LogP contribution in [0.3, 0.4) is 0 Å². The molecule has 1 nitrogen and oxygen atoms in total. The van der Waals surface area contributed by atoms with Crippen molar-refractivity contribution in [1.29, 1.82) is 0 Å². The highest BCUT2D eigenvalue weighted by Gasteiger charge is 2.05. The third kappa shape index (κ3) is 3.33. The molecule has 0 bridgehead atoms. The fourth-order valence-corrected chi connectivity index (χ4v) is 2.02. The van der Waals surface area contributed by atoms with Crippen molar-refractivity contribution in [3.63, 3.8) is 0 Å². The predicted molar refractivity (Wildman–Crippen MR) is 74.2 cm³/mol. The smallest absolute Gasteiger partial charge is 0.123 e. The summed E-state index contributed by atoms with van der Waals surface area (Å²) < 4.78 is 12.9. The second kappa shape index (κ2) is 6.20. The molecule has 18 heavy (non-hydrogen) atoms. The van der Waals surface area contributed by atoms with E-state index in [1.807, 2.05) is 30.3 Å². The molecule has 0 aliphatic heterocycles. The largest absolute Gasteiger partial charge is 0.367 e. The van der Waals surface area contributed by atoms with Crippen LogP contribution in [0.2, 0.25) is 0 Å². The summed E-state index contributed by atoms with van der Waals surface area (Å²) in [6.45, 7) is 3.99. The maximum atomic E-state index is 12.9. The highest BCUT2D eigenvalue weighted by atomic mass is 19.1. The summed E-state index contributed by atoms with van der Waals surface area (Å²) in [6, 6.07) is 17.1. The Balaban J connectivity index is 2.14. The molecule has 2 rings (SSSR count). The van der Waals surface area contributed by atoms with E-state index in [0.29, 0.717) is 0 Å². The van der Waals surface area contributed by atoms with Crippen LogP contribution in [-0.4, -0.2) is 6.54 Å². The zero-order valence-electron chi connectivity index (χ0n) is 10.6. The fourth-order valence-electron chi connectivity index (χ4n) is 2.02. The van der Waals surface area contributed by atoms with Gasteiger partial charge in [-0.25, -0.2) is 4.39 Å². The van der Waals surface area contributed by atoms with E-state index in [9.17, 15) is 4.39 Å². The van der Waals surface area contributed by atoms with E-state index < -0.39 is 0 Å². The summed E-state index contributed by atoms with van der Waals surface area (Å²) in [5.74, 6) is -0.180. The first kappa shape index (κ1) is 12.6. The van der Waals surface area contributed by atoms with Crippen LogP contribution >= 0.6 is 0 Å². The van der Waals surface area contributed by atoms with Gasteiger partial charge in [-0.2, -0.15) is 0 Å². The third-order valence-corrected chi connectivity index (χ3v) is 2.90. The van der Waals surface area contributed by atoms with Gasteiger partial charge in [-0.05, 0) is 36.2 Å². The lowest BCUT2D eigenvalue weighted by Gasteiger charge is -2.24. The van der Waals surface area contributed by atoms with Crippen molar-refractivity contribution in [3.8, 4) is 0 Å². The molecule has 0 N–H and O–H groups in total. The van der Waals surface area contributed by atoms with E-state index in [1.54, 1.807) is 0 Å². The van der Waals surface area contributed by atoms with Crippen LogP contribution in [-0.2, 0) is 6.54 Å². The summed E-state index contributed by atoms with van der Waals surface area (Å²) >= 11 is 0. The van der Waals surface area contributed by atoms with E-state index in [0.717, 1.165) is 25.1 Å². The van der Waals surface area contributed by atoms with Crippen LogP contribution < -0.4 is 4.90 Å². The molecule has 0 atom stereocenters. The minimum absolute atomic E-state index is 0.180. The van der Waals surface area contributed by atoms with Gasteiger partial charge in [0.1, 0.15) is 5.82 Å². The van der Waals surface area contributed by atoms with Crippen molar-refractivity contribution < 1.29 is 4.39 Å². The summed E-state index contributed by atoms with van der Waals surface area (Å²) in [7, 11) is 0. The van der Waals surface area contributed by atoms with Crippen molar-refractivity contribution in [3.05, 3.63) is 66.0 Å². The molecule has 0 fully saturated rings. The highest BCUT2D eigenvalue weighted by molar-refractivity contribution is 5.46. The zero-order valence-corrected chi connectivity index (χ0v) is 10.6. The quantitative estimate of drug-likeness (QED) is 0.759. The van der Waals surface area contributed by atoms with E-state index >= 15 is 0 Å². The molecule has 0 heterocycles. The lowest BCUT2D eigenvalue weighted by atomic mass is 10.2. The number of hydrogen-bond donors (Lipinski definition) is 0. The predicted octanol–water partition coefficient (Wildman–Crippen LogP) is 4.24. The second-order valence-corrected chi connectivity index (χ2v) is 4.38. The molecule has 0 aromatic heterocycles. The van der Waals surface area contributed by atoms with Gasteiger partial charge in [-0.3, -0.25) is 0 Å². The molecule has 94 valence electrons. The number of para-hydroxylation sites is 1. The molecule has 0 saturated heterocycles. The first-order chi connectivity index (χ1) is 8.79. The molecule has 0 radical (unpaired) electrons. The number of rotatable bonds is 5. The Kier molecular flexibility index (Phi) is 4.35. The third-order valence-electron chi connectivity index (χ3n) is 2.90. The number of hydrogen-bond acceptors (Lipinski definition) is 1. The Labute approximate surface area is 108 Å². The van der Waals surface area contributed by atoms with Crippen molar-refractivity contribution in [2.45, 2.75) is 19.9 Å². The van der Waals surface area contributed by atoms with E-state index in [1.165, 1.54) is 17.8 Å². The number of nitrogens with zero attached hydrogens (tertiary/aromatic N) is 1. The van der Waals surface area contributed by atoms with E-state index in [4.69, 9.17) is 0 Å². The first-order valence-electron chi connectivity index (χ1n) is 6.34. The number of benzene rings is 2. The van der Waals surface area contributed by atoms with Gasteiger partial charge >= 0.3 is 0 Å². The molecule has 2 aromatic rings. The maximum absolute atomic E-state index is 12.9. The summed E-state index contributed by atoms with van der Waals surface area (Å²) in [4.78, 5) is 2.31. The van der Waals surface area contributed by atoms with Crippen molar-refractivity contribution in [2.24, 2.45) is 0 Å². The summed E-state index contributed by atoms with van der Waals surface area (Å²) in [5, 5.41) is 0. The van der Waals surface area contributed by atoms with Crippen LogP contribution in [0.15, 0.2) is 54.6 Å². The molecular formula is C16H18FN. The highest BCUT2D eigenvalue weighted by Crippen LogP contribution is 2.17. The molecule has 0 saturated carbocycles. The Morgan fingerprint density at radius 2 is 1.61 bits per heavy atom. The van der Waals surface area contributed by atoms with Gasteiger partial charge in [0.05, 0.1) is 0 Å². The van der Waals surface area contributed by atoms with Gasteiger partial charge in [-0.15, -0.1) is 0 Å². The van der Waals surface area contributed by atoms with Crippen LogP contribution in [0, 0.1) is 5.82 Å². The average molecular weight is 243 g/mol. The Bertz CT molecular complexity index is 464. The van der Waals surface area contributed by atoms with Crippen LogP contribution in [0.1, 0.15) is 18.9 Å². The van der Waals surface area contributed by atoms with Crippen molar-refractivity contribution in [1.82, 2.24) is 0 Å². The lowest BCUT2D eigenvalue weighted by molar-refractivity contribution is 0.626. The molecule has 2 aromatic carbocycles. The molecule has 0 aliphatic rings. The van der Waals surface area contributed by atoms with Gasteiger partial charge in [-0.1, -0.05) is 37.3 Å². The summed E-state index contributed by atoms with van der Waals surface area (Å²) in [5.41, 5.74) is 2.34. The van der Waals surface area contributed by atoms with E-state index in [2.05, 4.69) is 24.0 Å². The molecule has 0 amide bonds. The topological polar surface area (TPSA) is 3.24 Å². The lowest BCUT2D eigenvalue weighted by Crippen LogP contribution is -2.23. The Morgan fingerprint density at radius 1 is 0.944 bits per heavy atom. The zero-order chi connectivity index (χ0) is 12.8. The van der Waals surface area contributed by atoms with Gasteiger partial charge in [0.25, 0.3) is 0 Å². The minimum atomic E-state index is -0.180. The van der Waals surface area contributed by atoms with Gasteiger partial charge in [0, 0.05) is 18.8 Å². The fraction of sp³-hybridized carbons (Fsp3) is 0.250.